The summed E-state index contributed by atoms with van der Waals surface area (Å²) in [5.41, 5.74) is 2.24. The van der Waals surface area contributed by atoms with Gasteiger partial charge in [-0.3, -0.25) is 10.2 Å². The molecule has 0 spiro atoms. The molecule has 1 rings (SSSR count). The SMILES string of the molecule is O=[C]Nn1ccnc1. The fraction of sp³-hybridized carbons (Fsp3) is 0. The zero-order valence-electron chi connectivity index (χ0n) is 4.03. The Balaban J connectivity index is 2.62. The number of amides is 1. The first kappa shape index (κ1) is 4.83. The molecule has 4 heteroatoms. The number of rotatable bonds is 2. The van der Waals surface area contributed by atoms with Gasteiger partial charge in [0.1, 0.15) is 6.33 Å². The molecule has 1 aromatic rings. The topological polar surface area (TPSA) is 46.9 Å². The van der Waals surface area contributed by atoms with E-state index in [2.05, 4.69) is 10.4 Å². The first-order valence-electron chi connectivity index (χ1n) is 2.04. The maximum atomic E-state index is 9.59. The lowest BCUT2D eigenvalue weighted by molar-refractivity contribution is 0.555. The molecule has 0 aliphatic carbocycles. The molecule has 4 nitrogen and oxygen atoms in total. The molecule has 0 unspecified atom stereocenters. The summed E-state index contributed by atoms with van der Waals surface area (Å²) in [6, 6.07) is 0. The summed E-state index contributed by atoms with van der Waals surface area (Å²) >= 11 is 0. The normalized spacial score (nSPS) is 8.50. The minimum absolute atomic E-state index is 1.40. The molecule has 0 aromatic carbocycles. The molecular weight excluding hydrogens is 106 g/mol. The molecule has 0 saturated heterocycles. The van der Waals surface area contributed by atoms with E-state index < -0.39 is 0 Å². The summed E-state index contributed by atoms with van der Waals surface area (Å²) in [5, 5.41) is 0. The van der Waals surface area contributed by atoms with Crippen molar-refractivity contribution in [3.05, 3.63) is 18.7 Å². The van der Waals surface area contributed by atoms with Gasteiger partial charge in [0.25, 0.3) is 0 Å². The molecule has 8 heavy (non-hydrogen) atoms. The maximum absolute atomic E-state index is 9.59. The highest BCUT2D eigenvalue weighted by Crippen LogP contribution is 1.75. The minimum atomic E-state index is 1.40. The van der Waals surface area contributed by atoms with Gasteiger partial charge in [0.05, 0.1) is 0 Å². The van der Waals surface area contributed by atoms with E-state index in [1.54, 1.807) is 12.4 Å². The van der Waals surface area contributed by atoms with Crippen molar-refractivity contribution in [3.63, 3.8) is 0 Å². The lowest BCUT2D eigenvalue weighted by atomic mass is 11.0. The van der Waals surface area contributed by atoms with Gasteiger partial charge in [-0.15, -0.1) is 0 Å². The van der Waals surface area contributed by atoms with Crippen LogP contribution in [0.3, 0.4) is 0 Å². The summed E-state index contributed by atoms with van der Waals surface area (Å²) in [5.74, 6) is 0. The highest BCUT2D eigenvalue weighted by molar-refractivity contribution is 5.57. The molecule has 1 heterocycles. The highest BCUT2D eigenvalue weighted by Gasteiger charge is 1.80. The number of aromatic nitrogens is 2. The van der Waals surface area contributed by atoms with Crippen LogP contribution in [0.25, 0.3) is 0 Å². The van der Waals surface area contributed by atoms with E-state index >= 15 is 0 Å². The molecule has 1 radical (unpaired) electrons. The molecule has 1 N–H and O–H groups in total. The van der Waals surface area contributed by atoms with Crippen LogP contribution in [0, 0.1) is 0 Å². The standard InChI is InChI=1S/C4H4N3O/c8-4-6-7-2-1-5-3-7/h1-3H,(H,6,8). The predicted molar refractivity (Wildman–Crippen MR) is 27.3 cm³/mol. The van der Waals surface area contributed by atoms with E-state index in [9.17, 15) is 4.79 Å². The van der Waals surface area contributed by atoms with Gasteiger partial charge in [-0.25, -0.2) is 9.66 Å². The van der Waals surface area contributed by atoms with E-state index in [1.807, 2.05) is 0 Å². The van der Waals surface area contributed by atoms with Crippen LogP contribution in [0.1, 0.15) is 0 Å². The number of imidazole rings is 1. The highest BCUT2D eigenvalue weighted by atomic mass is 16.1. The van der Waals surface area contributed by atoms with Crippen molar-refractivity contribution >= 4 is 6.41 Å². The Morgan fingerprint density at radius 1 is 1.75 bits per heavy atom. The van der Waals surface area contributed by atoms with Gasteiger partial charge >= 0.3 is 6.41 Å². The molecule has 1 amide bonds. The van der Waals surface area contributed by atoms with Gasteiger partial charge in [0.15, 0.2) is 0 Å². The monoisotopic (exact) mass is 110 g/mol. The summed E-state index contributed by atoms with van der Waals surface area (Å²) in [6.07, 6.45) is 6.12. The quantitative estimate of drug-likeness (QED) is 0.521. The van der Waals surface area contributed by atoms with Crippen molar-refractivity contribution in [2.75, 3.05) is 5.43 Å². The predicted octanol–water partition coefficient (Wildman–Crippen LogP) is -0.506. The smallest absolute Gasteiger partial charge is 0.262 e. The lowest BCUT2D eigenvalue weighted by Crippen LogP contribution is -2.08. The molecular formula is C4H4N3O. The summed E-state index contributed by atoms with van der Waals surface area (Å²) in [4.78, 5) is 13.2. The van der Waals surface area contributed by atoms with Crippen LogP contribution in [-0.4, -0.2) is 16.1 Å². The molecule has 0 saturated carbocycles. The zero-order chi connectivity index (χ0) is 5.82. The Morgan fingerprint density at radius 2 is 2.62 bits per heavy atom. The molecule has 0 fully saturated rings. The minimum Gasteiger partial charge on any atom is -0.262 e. The van der Waals surface area contributed by atoms with Crippen molar-refractivity contribution in [1.29, 1.82) is 0 Å². The van der Waals surface area contributed by atoms with Crippen LogP contribution in [0.15, 0.2) is 18.7 Å². The fourth-order valence-electron chi connectivity index (χ4n) is 0.378. The molecule has 0 aliphatic rings. The number of hydrogen-bond donors (Lipinski definition) is 1. The molecule has 0 aliphatic heterocycles. The third kappa shape index (κ3) is 0.841. The van der Waals surface area contributed by atoms with Gasteiger partial charge in [-0.2, -0.15) is 0 Å². The van der Waals surface area contributed by atoms with Crippen molar-refractivity contribution in [2.24, 2.45) is 0 Å². The first-order chi connectivity index (χ1) is 3.93. The average Bonchev–Trinajstić information content (AvgIpc) is 2.19. The van der Waals surface area contributed by atoms with E-state index in [-0.39, 0.29) is 0 Å². The van der Waals surface area contributed by atoms with Gasteiger partial charge in [-0.1, -0.05) is 0 Å². The third-order valence-electron chi connectivity index (χ3n) is 0.679. The van der Waals surface area contributed by atoms with Crippen LogP contribution < -0.4 is 5.43 Å². The Hall–Kier alpha value is -1.32. The van der Waals surface area contributed by atoms with Crippen molar-refractivity contribution in [1.82, 2.24) is 9.66 Å². The van der Waals surface area contributed by atoms with Crippen molar-refractivity contribution < 1.29 is 4.79 Å². The van der Waals surface area contributed by atoms with Crippen LogP contribution in [0.4, 0.5) is 0 Å². The largest absolute Gasteiger partial charge is 0.329 e. The third-order valence-corrected chi connectivity index (χ3v) is 0.679. The van der Waals surface area contributed by atoms with Gasteiger partial charge in [-0.05, 0) is 0 Å². The van der Waals surface area contributed by atoms with Crippen LogP contribution in [0.2, 0.25) is 0 Å². The number of hydrogen-bond acceptors (Lipinski definition) is 2. The molecule has 41 valence electrons. The number of carbonyl (C=O) groups excluding carboxylic acids is 1. The summed E-state index contributed by atoms with van der Waals surface area (Å²) in [6.45, 7) is 0. The second-order valence-electron chi connectivity index (χ2n) is 1.18. The Morgan fingerprint density at radius 3 is 3.12 bits per heavy atom. The second kappa shape index (κ2) is 2.11. The fourth-order valence-corrected chi connectivity index (χ4v) is 0.378. The van der Waals surface area contributed by atoms with Gasteiger partial charge < -0.3 is 0 Å². The summed E-state index contributed by atoms with van der Waals surface area (Å²) in [7, 11) is 0. The zero-order valence-corrected chi connectivity index (χ0v) is 4.03. The van der Waals surface area contributed by atoms with Crippen molar-refractivity contribution in [3.8, 4) is 0 Å². The number of nitrogens with zero attached hydrogens (tertiary/aromatic N) is 2. The van der Waals surface area contributed by atoms with Crippen LogP contribution in [0.5, 0.6) is 0 Å². The van der Waals surface area contributed by atoms with Gasteiger partial charge in [0, 0.05) is 12.4 Å². The van der Waals surface area contributed by atoms with Crippen molar-refractivity contribution in [2.45, 2.75) is 0 Å². The number of nitrogens with one attached hydrogen (secondary N) is 1. The van der Waals surface area contributed by atoms with E-state index in [0.29, 0.717) is 0 Å². The summed E-state index contributed by atoms with van der Waals surface area (Å²) < 4.78 is 1.40. The Kier molecular flexibility index (Phi) is 1.27. The van der Waals surface area contributed by atoms with Crippen LogP contribution >= 0.6 is 0 Å². The molecule has 1 aromatic heterocycles. The first-order valence-corrected chi connectivity index (χ1v) is 2.04. The Labute approximate surface area is 46.1 Å². The van der Waals surface area contributed by atoms with E-state index in [1.165, 1.54) is 17.4 Å². The maximum Gasteiger partial charge on any atom is 0.329 e. The average molecular weight is 110 g/mol. The van der Waals surface area contributed by atoms with E-state index in [4.69, 9.17) is 0 Å². The molecule has 0 atom stereocenters. The second-order valence-corrected chi connectivity index (χ2v) is 1.18. The molecule has 0 bridgehead atoms. The van der Waals surface area contributed by atoms with Gasteiger partial charge in [0.2, 0.25) is 0 Å². The van der Waals surface area contributed by atoms with E-state index in [0.717, 1.165) is 0 Å². The Bertz CT molecular complexity index is 158. The lowest BCUT2D eigenvalue weighted by Gasteiger charge is -1.90. The van der Waals surface area contributed by atoms with Crippen LogP contribution in [-0.2, 0) is 4.79 Å².